The molecule has 3 aromatic rings. The Kier molecular flexibility index (Phi) is 3.69. The number of benzene rings is 3. The molecule has 0 unspecified atom stereocenters. The summed E-state index contributed by atoms with van der Waals surface area (Å²) in [5, 5.41) is 11.7. The van der Waals surface area contributed by atoms with Crippen LogP contribution in [0.5, 0.6) is 0 Å². The van der Waals surface area contributed by atoms with E-state index in [2.05, 4.69) is 30.3 Å². The third kappa shape index (κ3) is 2.79. The van der Waals surface area contributed by atoms with Crippen LogP contribution >= 0.6 is 0 Å². The Labute approximate surface area is 123 Å². The number of aromatic carboxylic acids is 1. The molecule has 0 bridgehead atoms. The molecular weight excluding hydrogens is 260 g/mol. The molecule has 2 heteroatoms. The maximum Gasteiger partial charge on any atom is 0.335 e. The van der Waals surface area contributed by atoms with Gasteiger partial charge in [0.15, 0.2) is 0 Å². The van der Waals surface area contributed by atoms with Crippen LogP contribution in [0, 0.1) is 0 Å². The summed E-state index contributed by atoms with van der Waals surface area (Å²) in [6.45, 7) is 0. The minimum absolute atomic E-state index is 0.401. The molecule has 0 aliphatic carbocycles. The first-order valence-corrected chi connectivity index (χ1v) is 7.03. The van der Waals surface area contributed by atoms with E-state index in [4.69, 9.17) is 0 Å². The molecule has 104 valence electrons. The van der Waals surface area contributed by atoms with E-state index >= 15 is 0 Å². The summed E-state index contributed by atoms with van der Waals surface area (Å²) in [5.41, 5.74) is 2.55. The standard InChI is InChI=1S/C19H16O2/c20-19(21)18-11-4-2-7-16(18)13-12-15-9-5-8-14-6-1-3-10-17(14)15/h1-11H,12-13H2,(H,20,21). The largest absolute Gasteiger partial charge is 0.478 e. The predicted octanol–water partition coefficient (Wildman–Crippen LogP) is 4.32. The van der Waals surface area contributed by atoms with Crippen molar-refractivity contribution in [3.05, 3.63) is 83.4 Å². The second-order valence-electron chi connectivity index (χ2n) is 5.10. The number of hydrogen-bond acceptors (Lipinski definition) is 1. The molecular formula is C19H16O2. The van der Waals surface area contributed by atoms with Crippen LogP contribution in [-0.2, 0) is 12.8 Å². The lowest BCUT2D eigenvalue weighted by atomic mass is 9.96. The zero-order valence-electron chi connectivity index (χ0n) is 11.6. The molecule has 3 aromatic carbocycles. The average molecular weight is 276 g/mol. The number of aryl methyl sites for hydroxylation is 2. The summed E-state index contributed by atoms with van der Waals surface area (Å²) in [4.78, 5) is 11.2. The third-order valence-electron chi connectivity index (χ3n) is 3.79. The number of carboxylic acid groups (broad SMARTS) is 1. The summed E-state index contributed by atoms with van der Waals surface area (Å²) < 4.78 is 0. The fourth-order valence-electron chi connectivity index (χ4n) is 2.73. The quantitative estimate of drug-likeness (QED) is 0.770. The van der Waals surface area contributed by atoms with Crippen molar-refractivity contribution in [2.45, 2.75) is 12.8 Å². The Balaban J connectivity index is 1.89. The predicted molar refractivity (Wildman–Crippen MR) is 84.8 cm³/mol. The molecule has 0 fully saturated rings. The lowest BCUT2D eigenvalue weighted by Gasteiger charge is -2.08. The molecule has 0 spiro atoms. The van der Waals surface area contributed by atoms with E-state index in [1.165, 1.54) is 16.3 Å². The number of hydrogen-bond donors (Lipinski definition) is 1. The monoisotopic (exact) mass is 276 g/mol. The number of carbonyl (C=O) groups is 1. The van der Waals surface area contributed by atoms with Crippen molar-refractivity contribution in [1.29, 1.82) is 0 Å². The maximum absolute atomic E-state index is 11.2. The molecule has 0 aliphatic rings. The van der Waals surface area contributed by atoms with E-state index in [1.807, 2.05) is 24.3 Å². The maximum atomic E-state index is 11.2. The highest BCUT2D eigenvalue weighted by Crippen LogP contribution is 2.21. The average Bonchev–Trinajstić information content (AvgIpc) is 2.53. The van der Waals surface area contributed by atoms with E-state index in [1.54, 1.807) is 12.1 Å². The number of carboxylic acids is 1. The van der Waals surface area contributed by atoms with Crippen molar-refractivity contribution < 1.29 is 9.90 Å². The van der Waals surface area contributed by atoms with Gasteiger partial charge >= 0.3 is 5.97 Å². The molecule has 21 heavy (non-hydrogen) atoms. The van der Waals surface area contributed by atoms with Gasteiger partial charge in [-0.3, -0.25) is 0 Å². The van der Waals surface area contributed by atoms with E-state index in [0.717, 1.165) is 18.4 Å². The van der Waals surface area contributed by atoms with E-state index in [9.17, 15) is 9.90 Å². The summed E-state index contributed by atoms with van der Waals surface area (Å²) in [6, 6.07) is 21.8. The first-order valence-electron chi connectivity index (χ1n) is 7.03. The van der Waals surface area contributed by atoms with Gasteiger partial charge in [-0.05, 0) is 40.8 Å². The summed E-state index contributed by atoms with van der Waals surface area (Å²) in [6.07, 6.45) is 1.57. The summed E-state index contributed by atoms with van der Waals surface area (Å²) >= 11 is 0. The summed E-state index contributed by atoms with van der Waals surface area (Å²) in [5.74, 6) is -0.858. The van der Waals surface area contributed by atoms with E-state index in [0.29, 0.717) is 5.56 Å². The number of rotatable bonds is 4. The first-order chi connectivity index (χ1) is 10.3. The Bertz CT molecular complexity index is 785. The SMILES string of the molecule is O=C(O)c1ccccc1CCc1cccc2ccccc12. The highest BCUT2D eigenvalue weighted by atomic mass is 16.4. The van der Waals surface area contributed by atoms with Crippen LogP contribution in [0.1, 0.15) is 21.5 Å². The fraction of sp³-hybridized carbons (Fsp3) is 0.105. The Morgan fingerprint density at radius 2 is 1.38 bits per heavy atom. The molecule has 2 nitrogen and oxygen atoms in total. The van der Waals surface area contributed by atoms with E-state index < -0.39 is 5.97 Å². The van der Waals surface area contributed by atoms with Crippen LogP contribution < -0.4 is 0 Å². The minimum atomic E-state index is -0.858. The van der Waals surface area contributed by atoms with Crippen LogP contribution in [0.3, 0.4) is 0 Å². The molecule has 0 atom stereocenters. The van der Waals surface area contributed by atoms with Crippen molar-refractivity contribution in [2.75, 3.05) is 0 Å². The molecule has 0 aliphatic heterocycles. The second kappa shape index (κ2) is 5.80. The van der Waals surface area contributed by atoms with Gasteiger partial charge in [-0.25, -0.2) is 4.79 Å². The van der Waals surface area contributed by atoms with Crippen LogP contribution in [0.25, 0.3) is 10.8 Å². The lowest BCUT2D eigenvalue weighted by molar-refractivity contribution is 0.0695. The number of fused-ring (bicyclic) bond motifs is 1. The van der Waals surface area contributed by atoms with Crippen molar-refractivity contribution in [1.82, 2.24) is 0 Å². The molecule has 0 radical (unpaired) electrons. The molecule has 0 saturated carbocycles. The topological polar surface area (TPSA) is 37.3 Å². The molecule has 3 rings (SSSR count). The van der Waals surface area contributed by atoms with Crippen molar-refractivity contribution in [2.24, 2.45) is 0 Å². The molecule has 1 N–H and O–H groups in total. The smallest absolute Gasteiger partial charge is 0.335 e. The van der Waals surface area contributed by atoms with Gasteiger partial charge < -0.3 is 5.11 Å². The molecule has 0 amide bonds. The Morgan fingerprint density at radius 3 is 2.24 bits per heavy atom. The van der Waals surface area contributed by atoms with Gasteiger partial charge in [0.1, 0.15) is 0 Å². The third-order valence-corrected chi connectivity index (χ3v) is 3.79. The Morgan fingerprint density at radius 1 is 0.762 bits per heavy atom. The highest BCUT2D eigenvalue weighted by molar-refractivity contribution is 5.89. The normalized spacial score (nSPS) is 10.7. The minimum Gasteiger partial charge on any atom is -0.478 e. The zero-order valence-corrected chi connectivity index (χ0v) is 11.6. The fourth-order valence-corrected chi connectivity index (χ4v) is 2.73. The molecule has 0 heterocycles. The van der Waals surface area contributed by atoms with Gasteiger partial charge in [-0.2, -0.15) is 0 Å². The van der Waals surface area contributed by atoms with Crippen molar-refractivity contribution in [3.8, 4) is 0 Å². The Hall–Kier alpha value is -2.61. The van der Waals surface area contributed by atoms with Crippen molar-refractivity contribution >= 4 is 16.7 Å². The van der Waals surface area contributed by atoms with Gasteiger partial charge in [0.2, 0.25) is 0 Å². The van der Waals surface area contributed by atoms with Crippen molar-refractivity contribution in [3.63, 3.8) is 0 Å². The molecule has 0 saturated heterocycles. The van der Waals surface area contributed by atoms with Crippen LogP contribution in [0.4, 0.5) is 0 Å². The first kappa shape index (κ1) is 13.4. The lowest BCUT2D eigenvalue weighted by Crippen LogP contribution is -2.03. The van der Waals surface area contributed by atoms with Gasteiger partial charge in [0.05, 0.1) is 5.56 Å². The van der Waals surface area contributed by atoms with Gasteiger partial charge in [-0.15, -0.1) is 0 Å². The van der Waals surface area contributed by atoms with Crippen LogP contribution in [0.15, 0.2) is 66.7 Å². The van der Waals surface area contributed by atoms with Gasteiger partial charge in [0.25, 0.3) is 0 Å². The van der Waals surface area contributed by atoms with Gasteiger partial charge in [-0.1, -0.05) is 60.7 Å². The van der Waals surface area contributed by atoms with Crippen LogP contribution in [-0.4, -0.2) is 11.1 Å². The highest BCUT2D eigenvalue weighted by Gasteiger charge is 2.09. The van der Waals surface area contributed by atoms with E-state index in [-0.39, 0.29) is 0 Å². The summed E-state index contributed by atoms with van der Waals surface area (Å²) in [7, 11) is 0. The van der Waals surface area contributed by atoms with Gasteiger partial charge in [0, 0.05) is 0 Å². The second-order valence-corrected chi connectivity index (χ2v) is 5.10. The molecule has 0 aromatic heterocycles. The zero-order chi connectivity index (χ0) is 14.7. The van der Waals surface area contributed by atoms with Crippen LogP contribution in [0.2, 0.25) is 0 Å².